The minimum absolute atomic E-state index is 0.0143. The van der Waals surface area contributed by atoms with E-state index in [1.807, 2.05) is 49.4 Å². The molecule has 3 aromatic rings. The van der Waals surface area contributed by atoms with Crippen molar-refractivity contribution in [1.29, 1.82) is 0 Å². The molecule has 0 aliphatic heterocycles. The van der Waals surface area contributed by atoms with E-state index in [1.165, 1.54) is 61.1 Å². The number of sulfonamides is 1. The zero-order valence-corrected chi connectivity index (χ0v) is 28.9. The van der Waals surface area contributed by atoms with Crippen LogP contribution in [0.25, 0.3) is 0 Å². The molecule has 1 N–H and O–H groups in total. The van der Waals surface area contributed by atoms with Crippen LogP contribution in [0.3, 0.4) is 0 Å². The molecule has 0 spiro atoms. The number of benzene rings is 3. The van der Waals surface area contributed by atoms with Crippen molar-refractivity contribution >= 4 is 27.5 Å². The summed E-state index contributed by atoms with van der Waals surface area (Å²) in [7, 11) is -3.87. The molecule has 48 heavy (non-hydrogen) atoms. The van der Waals surface area contributed by atoms with E-state index in [2.05, 4.69) is 17.4 Å². The van der Waals surface area contributed by atoms with E-state index < -0.39 is 34.3 Å². The van der Waals surface area contributed by atoms with E-state index in [-0.39, 0.29) is 24.3 Å². The van der Waals surface area contributed by atoms with Gasteiger partial charge in [0.15, 0.2) is 0 Å². The Balaban J connectivity index is 1.29. The topological polar surface area (TPSA) is 86.8 Å². The lowest BCUT2D eigenvalue weighted by Gasteiger charge is -2.57. The molecule has 256 valence electrons. The molecule has 0 unspecified atom stereocenters. The molecule has 4 fully saturated rings. The number of carbonyl (C=O) groups excluding carboxylic acids is 2. The van der Waals surface area contributed by atoms with Gasteiger partial charge < -0.3 is 10.2 Å². The summed E-state index contributed by atoms with van der Waals surface area (Å²) < 4.78 is 41.6. The highest BCUT2D eigenvalue weighted by atomic mass is 32.2. The van der Waals surface area contributed by atoms with E-state index in [4.69, 9.17) is 0 Å². The molecule has 4 bridgehead atoms. The number of amides is 2. The van der Waals surface area contributed by atoms with Gasteiger partial charge in [-0.05, 0) is 109 Å². The summed E-state index contributed by atoms with van der Waals surface area (Å²) in [5.74, 6) is 1.13. The number of rotatable bonds is 14. The average molecular weight is 674 g/mol. The summed E-state index contributed by atoms with van der Waals surface area (Å²) in [5, 5.41) is 2.99. The van der Waals surface area contributed by atoms with Gasteiger partial charge in [0.1, 0.15) is 18.4 Å². The van der Waals surface area contributed by atoms with Crippen LogP contribution >= 0.6 is 0 Å². The molecule has 4 saturated carbocycles. The van der Waals surface area contributed by atoms with Crippen LogP contribution in [0.15, 0.2) is 78.9 Å². The number of unbranched alkanes of at least 4 members (excludes halogenated alkanes) is 1. The Morgan fingerprint density at radius 1 is 0.875 bits per heavy atom. The van der Waals surface area contributed by atoms with Crippen LogP contribution in [0.5, 0.6) is 0 Å². The Kier molecular flexibility index (Phi) is 10.3. The second-order valence-corrected chi connectivity index (χ2v) is 16.4. The van der Waals surface area contributed by atoms with Crippen molar-refractivity contribution in [3.63, 3.8) is 0 Å². The molecule has 0 heterocycles. The van der Waals surface area contributed by atoms with Crippen molar-refractivity contribution in [2.45, 2.75) is 82.7 Å². The Morgan fingerprint density at radius 3 is 2.04 bits per heavy atom. The molecule has 0 radical (unpaired) electrons. The fourth-order valence-corrected chi connectivity index (χ4v) is 9.76. The summed E-state index contributed by atoms with van der Waals surface area (Å²) in [6.07, 6.45) is 10.7. The first-order valence-electron chi connectivity index (χ1n) is 17.5. The third kappa shape index (κ3) is 7.77. The second-order valence-electron chi connectivity index (χ2n) is 14.5. The van der Waals surface area contributed by atoms with Crippen LogP contribution in [0.2, 0.25) is 0 Å². The van der Waals surface area contributed by atoms with Crippen LogP contribution in [0, 0.1) is 23.6 Å². The van der Waals surface area contributed by atoms with E-state index in [1.54, 1.807) is 12.1 Å². The molecule has 0 saturated heterocycles. The smallest absolute Gasteiger partial charge is 0.244 e. The highest BCUT2D eigenvalue weighted by Gasteiger charge is 2.51. The second kappa shape index (κ2) is 14.4. The van der Waals surface area contributed by atoms with E-state index in [9.17, 15) is 22.4 Å². The van der Waals surface area contributed by atoms with Crippen LogP contribution in [-0.4, -0.2) is 50.5 Å². The molecular weight excluding hydrogens is 626 g/mol. The SMILES string of the molecule is CCCCNC(=O)[C@@H](Cc1ccccc1)N(Cc1ccc(F)cc1)C(=O)CN(c1ccc(C23CC4CC(CC(C4)C2)C3)cc1)S(C)(=O)=O. The van der Waals surface area contributed by atoms with Gasteiger partial charge in [-0.1, -0.05) is 67.9 Å². The van der Waals surface area contributed by atoms with Gasteiger partial charge >= 0.3 is 0 Å². The number of carbonyl (C=O) groups is 2. The van der Waals surface area contributed by atoms with Gasteiger partial charge in [0.2, 0.25) is 21.8 Å². The van der Waals surface area contributed by atoms with Crippen molar-refractivity contribution in [1.82, 2.24) is 10.2 Å². The first kappa shape index (κ1) is 34.2. The lowest BCUT2D eigenvalue weighted by Crippen LogP contribution is -2.53. The predicted molar refractivity (Wildman–Crippen MR) is 187 cm³/mol. The van der Waals surface area contributed by atoms with Crippen LogP contribution < -0.4 is 9.62 Å². The summed E-state index contributed by atoms with van der Waals surface area (Å²) in [6, 6.07) is 22.2. The summed E-state index contributed by atoms with van der Waals surface area (Å²) >= 11 is 0. The minimum Gasteiger partial charge on any atom is -0.354 e. The third-order valence-electron chi connectivity index (χ3n) is 10.9. The zero-order valence-electron chi connectivity index (χ0n) is 28.1. The zero-order chi connectivity index (χ0) is 33.9. The number of hydrogen-bond donors (Lipinski definition) is 1. The lowest BCUT2D eigenvalue weighted by molar-refractivity contribution is -0.140. The Bertz CT molecular complexity index is 1640. The molecule has 1 atom stereocenters. The third-order valence-corrected chi connectivity index (χ3v) is 12.0. The fourth-order valence-electron chi connectivity index (χ4n) is 8.91. The Labute approximate surface area is 285 Å². The van der Waals surface area contributed by atoms with Gasteiger partial charge in [0.25, 0.3) is 0 Å². The Morgan fingerprint density at radius 2 is 1.48 bits per heavy atom. The monoisotopic (exact) mass is 673 g/mol. The normalized spacial score (nSPS) is 23.4. The van der Waals surface area contributed by atoms with Crippen molar-refractivity contribution < 1.29 is 22.4 Å². The van der Waals surface area contributed by atoms with E-state index in [0.717, 1.165) is 46.7 Å². The maximum absolute atomic E-state index is 14.4. The molecule has 9 heteroatoms. The number of anilines is 1. The molecule has 4 aliphatic rings. The molecule has 2 amide bonds. The van der Waals surface area contributed by atoms with Gasteiger partial charge in [-0.3, -0.25) is 13.9 Å². The highest BCUT2D eigenvalue weighted by Crippen LogP contribution is 2.60. The number of halogens is 1. The van der Waals surface area contributed by atoms with Crippen molar-refractivity contribution in [2.75, 3.05) is 23.7 Å². The Hall–Kier alpha value is -3.72. The maximum Gasteiger partial charge on any atom is 0.244 e. The summed E-state index contributed by atoms with van der Waals surface area (Å²) in [4.78, 5) is 29.6. The number of hydrogen-bond acceptors (Lipinski definition) is 4. The van der Waals surface area contributed by atoms with Gasteiger partial charge in [-0.15, -0.1) is 0 Å². The van der Waals surface area contributed by atoms with Crippen molar-refractivity contribution in [3.8, 4) is 0 Å². The fraction of sp³-hybridized carbons (Fsp3) is 0.487. The van der Waals surface area contributed by atoms with E-state index >= 15 is 0 Å². The van der Waals surface area contributed by atoms with Crippen molar-refractivity contribution in [3.05, 3.63) is 101 Å². The van der Waals surface area contributed by atoms with Gasteiger partial charge in [0.05, 0.1) is 11.9 Å². The molecular formula is C39H48FN3O4S. The molecule has 7 rings (SSSR count). The molecule has 0 aromatic heterocycles. The van der Waals surface area contributed by atoms with Crippen LogP contribution in [0.1, 0.15) is 75.0 Å². The lowest BCUT2D eigenvalue weighted by atomic mass is 9.48. The first-order valence-corrected chi connectivity index (χ1v) is 19.3. The predicted octanol–water partition coefficient (Wildman–Crippen LogP) is 6.62. The van der Waals surface area contributed by atoms with Gasteiger partial charge in [-0.25, -0.2) is 12.8 Å². The first-order chi connectivity index (χ1) is 23.0. The van der Waals surface area contributed by atoms with Gasteiger partial charge in [0, 0.05) is 19.5 Å². The van der Waals surface area contributed by atoms with E-state index in [0.29, 0.717) is 17.8 Å². The molecule has 3 aromatic carbocycles. The van der Waals surface area contributed by atoms with Gasteiger partial charge in [-0.2, -0.15) is 0 Å². The van der Waals surface area contributed by atoms with Crippen LogP contribution in [-0.2, 0) is 38.0 Å². The highest BCUT2D eigenvalue weighted by molar-refractivity contribution is 7.92. The minimum atomic E-state index is -3.87. The molecule has 7 nitrogen and oxygen atoms in total. The number of nitrogens with one attached hydrogen (secondary N) is 1. The average Bonchev–Trinajstić information content (AvgIpc) is 3.05. The van der Waals surface area contributed by atoms with Crippen LogP contribution in [0.4, 0.5) is 10.1 Å². The number of nitrogens with zero attached hydrogens (tertiary/aromatic N) is 2. The molecule has 4 aliphatic carbocycles. The summed E-state index contributed by atoms with van der Waals surface area (Å²) in [5.41, 5.74) is 3.36. The maximum atomic E-state index is 14.4. The largest absolute Gasteiger partial charge is 0.354 e. The van der Waals surface area contributed by atoms with Crippen molar-refractivity contribution in [2.24, 2.45) is 17.8 Å². The summed E-state index contributed by atoms with van der Waals surface area (Å²) in [6.45, 7) is 2.04. The standard InChI is InChI=1S/C39H48FN3O4S/c1-3-4-18-41-38(45)36(22-28-8-6-5-7-9-28)42(26-29-10-14-34(40)15-11-29)37(44)27-43(48(2,46)47)35-16-12-33(13-17-35)39-23-30-19-31(24-39)21-32(20-30)25-39/h5-17,30-32,36H,3-4,18-27H2,1-2H3,(H,41,45)/t30?,31?,32?,36-,39?/m1/s1. The quantitative estimate of drug-likeness (QED) is 0.195.